The zero-order chi connectivity index (χ0) is 16.8. The molecule has 9 heteroatoms. The first-order valence-corrected chi connectivity index (χ1v) is 6.68. The van der Waals surface area contributed by atoms with E-state index in [0.29, 0.717) is 5.39 Å². The fourth-order valence-corrected chi connectivity index (χ4v) is 2.36. The number of benzene rings is 1. The van der Waals surface area contributed by atoms with E-state index in [9.17, 15) is 22.7 Å². The quantitative estimate of drug-likeness (QED) is 0.719. The fraction of sp³-hybridized carbons (Fsp3) is 0.143. The molecule has 2 aromatic heterocycles. The number of fused-ring (bicyclic) bond motifs is 1. The molecule has 3 aromatic rings. The van der Waals surface area contributed by atoms with E-state index in [0.717, 1.165) is 23.0 Å². The first-order chi connectivity index (χ1) is 10.8. The van der Waals surface area contributed by atoms with E-state index in [4.69, 9.17) is 11.6 Å². The number of rotatable bonds is 2. The standard InChI is InChI=1S/C14H8ClF4N3O/c15-10-1-2-11(16)12-9(10)6-21-22(12)8-3-7(4-20-5-8)13(23)14(17,18)19/h1-6,13,23H/t13-/m0/s1. The topological polar surface area (TPSA) is 50.9 Å². The van der Waals surface area contributed by atoms with Crippen LogP contribution in [0.1, 0.15) is 11.7 Å². The predicted molar refractivity (Wildman–Crippen MR) is 74.8 cm³/mol. The average Bonchev–Trinajstić information content (AvgIpc) is 2.96. The summed E-state index contributed by atoms with van der Waals surface area (Å²) >= 11 is 5.95. The summed E-state index contributed by atoms with van der Waals surface area (Å²) in [5.41, 5.74) is -0.388. The Morgan fingerprint density at radius 2 is 1.91 bits per heavy atom. The van der Waals surface area contributed by atoms with Gasteiger partial charge in [0.05, 0.1) is 23.1 Å². The molecule has 0 aliphatic rings. The van der Waals surface area contributed by atoms with Gasteiger partial charge in [0.1, 0.15) is 11.3 Å². The van der Waals surface area contributed by atoms with Crippen LogP contribution in [-0.2, 0) is 0 Å². The molecule has 0 bridgehead atoms. The lowest BCUT2D eigenvalue weighted by molar-refractivity contribution is -0.206. The summed E-state index contributed by atoms with van der Waals surface area (Å²) in [5.74, 6) is -0.635. The molecule has 23 heavy (non-hydrogen) atoms. The van der Waals surface area contributed by atoms with Crippen LogP contribution < -0.4 is 0 Å². The Balaban J connectivity index is 2.15. The molecular formula is C14H8ClF4N3O. The van der Waals surface area contributed by atoms with E-state index < -0.39 is 23.7 Å². The summed E-state index contributed by atoms with van der Waals surface area (Å²) in [4.78, 5) is 3.66. The van der Waals surface area contributed by atoms with E-state index in [-0.39, 0.29) is 16.2 Å². The molecule has 0 saturated carbocycles. The van der Waals surface area contributed by atoms with Crippen LogP contribution in [0.3, 0.4) is 0 Å². The maximum absolute atomic E-state index is 14.0. The fourth-order valence-electron chi connectivity index (χ4n) is 2.16. The van der Waals surface area contributed by atoms with Gasteiger partial charge in [0.15, 0.2) is 6.10 Å². The predicted octanol–water partition coefficient (Wildman–Crippen LogP) is 3.81. The van der Waals surface area contributed by atoms with Gasteiger partial charge in [0.2, 0.25) is 0 Å². The van der Waals surface area contributed by atoms with Crippen LogP contribution in [0.5, 0.6) is 0 Å². The molecule has 2 heterocycles. The number of nitrogens with zero attached hydrogens (tertiary/aromatic N) is 3. The summed E-state index contributed by atoms with van der Waals surface area (Å²) in [7, 11) is 0. The van der Waals surface area contributed by atoms with Gasteiger partial charge >= 0.3 is 6.18 Å². The van der Waals surface area contributed by atoms with Gasteiger partial charge in [-0.25, -0.2) is 9.07 Å². The number of hydrogen-bond donors (Lipinski definition) is 1. The summed E-state index contributed by atoms with van der Waals surface area (Å²) in [5, 5.41) is 13.8. The molecule has 0 radical (unpaired) electrons. The van der Waals surface area contributed by atoms with Crippen molar-refractivity contribution < 1.29 is 22.7 Å². The maximum atomic E-state index is 14.0. The van der Waals surface area contributed by atoms with Gasteiger partial charge in [-0.3, -0.25) is 4.98 Å². The van der Waals surface area contributed by atoms with Crippen LogP contribution in [0.2, 0.25) is 5.02 Å². The third kappa shape index (κ3) is 2.75. The largest absolute Gasteiger partial charge is 0.418 e. The molecule has 3 rings (SSSR count). The minimum Gasteiger partial charge on any atom is -0.379 e. The first-order valence-electron chi connectivity index (χ1n) is 6.31. The maximum Gasteiger partial charge on any atom is 0.418 e. The molecule has 1 aromatic carbocycles. The van der Waals surface area contributed by atoms with Crippen molar-refractivity contribution in [1.29, 1.82) is 0 Å². The third-order valence-electron chi connectivity index (χ3n) is 3.24. The molecule has 0 unspecified atom stereocenters. The molecule has 0 aliphatic carbocycles. The highest BCUT2D eigenvalue weighted by molar-refractivity contribution is 6.35. The summed E-state index contributed by atoms with van der Waals surface area (Å²) < 4.78 is 52.9. The highest BCUT2D eigenvalue weighted by atomic mass is 35.5. The van der Waals surface area contributed by atoms with E-state index in [2.05, 4.69) is 10.1 Å². The molecule has 0 fully saturated rings. The Bertz CT molecular complexity index is 878. The van der Waals surface area contributed by atoms with Gasteiger partial charge in [0.25, 0.3) is 0 Å². The lowest BCUT2D eigenvalue weighted by Crippen LogP contribution is -2.20. The molecular weight excluding hydrogens is 338 g/mol. The number of halogens is 5. The molecule has 1 atom stereocenters. The first kappa shape index (κ1) is 15.7. The van der Waals surface area contributed by atoms with E-state index in [1.165, 1.54) is 18.5 Å². The molecule has 0 aliphatic heterocycles. The van der Waals surface area contributed by atoms with Crippen molar-refractivity contribution in [3.05, 3.63) is 53.2 Å². The lowest BCUT2D eigenvalue weighted by atomic mass is 10.1. The number of pyridine rings is 1. The van der Waals surface area contributed by atoms with Crippen LogP contribution in [0.15, 0.2) is 36.8 Å². The summed E-state index contributed by atoms with van der Waals surface area (Å²) in [6.07, 6.45) is -4.13. The zero-order valence-electron chi connectivity index (χ0n) is 11.2. The SMILES string of the molecule is O[C@@H](c1cncc(-n2ncc3c(Cl)ccc(F)c32)c1)C(F)(F)F. The molecule has 0 spiro atoms. The summed E-state index contributed by atoms with van der Waals surface area (Å²) in [6.45, 7) is 0. The Hall–Kier alpha value is -2.19. The average molecular weight is 346 g/mol. The molecule has 0 saturated heterocycles. The van der Waals surface area contributed by atoms with Crippen LogP contribution in [-0.4, -0.2) is 26.0 Å². The number of aliphatic hydroxyl groups is 1. The van der Waals surface area contributed by atoms with E-state index in [1.54, 1.807) is 0 Å². The smallest absolute Gasteiger partial charge is 0.379 e. The van der Waals surface area contributed by atoms with Gasteiger partial charge in [-0.1, -0.05) is 11.6 Å². The normalized spacial score (nSPS) is 13.5. The number of aromatic nitrogens is 3. The van der Waals surface area contributed by atoms with Gasteiger partial charge < -0.3 is 5.11 Å². The highest BCUT2D eigenvalue weighted by Gasteiger charge is 2.39. The number of alkyl halides is 3. The van der Waals surface area contributed by atoms with Crippen LogP contribution in [0.4, 0.5) is 17.6 Å². The molecule has 4 nitrogen and oxygen atoms in total. The number of aliphatic hydroxyl groups excluding tert-OH is 1. The highest BCUT2D eigenvalue weighted by Crippen LogP contribution is 2.33. The van der Waals surface area contributed by atoms with Crippen molar-refractivity contribution in [2.75, 3.05) is 0 Å². The van der Waals surface area contributed by atoms with Crippen LogP contribution in [0, 0.1) is 5.82 Å². The van der Waals surface area contributed by atoms with Crippen molar-refractivity contribution in [2.45, 2.75) is 12.3 Å². The second kappa shape index (κ2) is 5.47. The van der Waals surface area contributed by atoms with Crippen molar-refractivity contribution >= 4 is 22.5 Å². The summed E-state index contributed by atoms with van der Waals surface area (Å²) in [6, 6.07) is 3.52. The lowest BCUT2D eigenvalue weighted by Gasteiger charge is -2.15. The van der Waals surface area contributed by atoms with Gasteiger partial charge in [-0.05, 0) is 18.2 Å². The van der Waals surface area contributed by atoms with E-state index >= 15 is 0 Å². The third-order valence-corrected chi connectivity index (χ3v) is 3.57. The van der Waals surface area contributed by atoms with Crippen molar-refractivity contribution in [1.82, 2.24) is 14.8 Å². The Labute approximate surface area is 131 Å². The van der Waals surface area contributed by atoms with E-state index in [1.807, 2.05) is 0 Å². The van der Waals surface area contributed by atoms with Crippen LogP contribution in [0.25, 0.3) is 16.6 Å². The second-order valence-corrected chi connectivity index (χ2v) is 5.18. The Morgan fingerprint density at radius 1 is 1.17 bits per heavy atom. The second-order valence-electron chi connectivity index (χ2n) is 4.77. The minimum absolute atomic E-state index is 0.0120. The van der Waals surface area contributed by atoms with Crippen molar-refractivity contribution in [3.63, 3.8) is 0 Å². The molecule has 120 valence electrons. The van der Waals surface area contributed by atoms with Gasteiger partial charge in [-0.2, -0.15) is 18.3 Å². The molecule has 0 amide bonds. The van der Waals surface area contributed by atoms with Crippen molar-refractivity contribution in [2.24, 2.45) is 0 Å². The van der Waals surface area contributed by atoms with Crippen molar-refractivity contribution in [3.8, 4) is 5.69 Å². The van der Waals surface area contributed by atoms with Gasteiger partial charge in [0, 0.05) is 17.1 Å². The Morgan fingerprint density at radius 3 is 2.61 bits per heavy atom. The molecule has 1 N–H and O–H groups in total. The number of hydrogen-bond acceptors (Lipinski definition) is 3. The zero-order valence-corrected chi connectivity index (χ0v) is 12.0. The van der Waals surface area contributed by atoms with Crippen LogP contribution >= 0.6 is 11.6 Å². The Kier molecular flexibility index (Phi) is 3.73. The monoisotopic (exact) mass is 345 g/mol. The minimum atomic E-state index is -4.83. The van der Waals surface area contributed by atoms with Gasteiger partial charge in [-0.15, -0.1) is 0 Å².